The molecule has 0 amide bonds. The molecule has 4 rings (SSSR count). The van der Waals surface area contributed by atoms with Gasteiger partial charge in [-0.3, -0.25) is 0 Å². The van der Waals surface area contributed by atoms with Gasteiger partial charge in [-0.1, -0.05) is 25.1 Å². The van der Waals surface area contributed by atoms with E-state index in [9.17, 15) is 10.2 Å². The molecule has 5 atom stereocenters. The molecule has 2 aromatic rings. The quantitative estimate of drug-likeness (QED) is 0.753. The van der Waals surface area contributed by atoms with E-state index in [2.05, 4.69) is 31.2 Å². The summed E-state index contributed by atoms with van der Waals surface area (Å²) in [7, 11) is 0. The molecule has 1 saturated heterocycles. The predicted octanol–water partition coefficient (Wildman–Crippen LogP) is 3.66. The highest BCUT2D eigenvalue weighted by Gasteiger charge is 2.38. The first-order valence-electron chi connectivity index (χ1n) is 11.6. The third-order valence-electron chi connectivity index (χ3n) is 6.19. The molecule has 3 unspecified atom stereocenters. The first kappa shape index (κ1) is 23.1. The number of hydrogen-bond acceptors (Lipinski definition) is 6. The molecule has 6 nitrogen and oxygen atoms in total. The minimum absolute atomic E-state index is 0.267. The fourth-order valence-electron chi connectivity index (χ4n) is 4.29. The van der Waals surface area contributed by atoms with Crippen molar-refractivity contribution in [3.63, 3.8) is 0 Å². The monoisotopic (exact) mass is 442 g/mol. The van der Waals surface area contributed by atoms with Crippen molar-refractivity contribution < 1.29 is 29.2 Å². The van der Waals surface area contributed by atoms with Crippen LogP contribution in [0.4, 0.5) is 0 Å². The van der Waals surface area contributed by atoms with Crippen molar-refractivity contribution in [2.24, 2.45) is 5.92 Å². The van der Waals surface area contributed by atoms with Crippen molar-refractivity contribution in [2.75, 3.05) is 26.4 Å². The molecule has 2 heterocycles. The molecule has 0 aromatic heterocycles. The molecular formula is C26H34O6. The van der Waals surface area contributed by atoms with Crippen LogP contribution in [0, 0.1) is 5.92 Å². The van der Waals surface area contributed by atoms with Crippen LogP contribution in [0.3, 0.4) is 0 Å². The van der Waals surface area contributed by atoms with Crippen molar-refractivity contribution in [2.45, 2.75) is 57.5 Å². The zero-order valence-corrected chi connectivity index (χ0v) is 18.9. The highest BCUT2D eigenvalue weighted by Crippen LogP contribution is 2.38. The summed E-state index contributed by atoms with van der Waals surface area (Å²) >= 11 is 0. The van der Waals surface area contributed by atoms with E-state index in [1.807, 2.05) is 25.1 Å². The molecule has 0 radical (unpaired) electrons. The maximum Gasteiger partial charge on any atom is 0.125 e. The molecule has 32 heavy (non-hydrogen) atoms. The Morgan fingerprint density at radius 2 is 1.81 bits per heavy atom. The standard InChI is InChI=1S/C26H34O6/c1-3-30-20-7-4-18(5-8-20)12-19-6-9-23-21(13-19)24-14-22(27)26(28)25(32-24)16-29-11-10-17(2)15-31-23/h4-9,13,17,22,24-28H,3,10-12,14-16H2,1-2H3/t17-,22?,24?,25?,26-/m0/s1. The van der Waals surface area contributed by atoms with Gasteiger partial charge in [0.15, 0.2) is 0 Å². The van der Waals surface area contributed by atoms with Gasteiger partial charge in [0.25, 0.3) is 0 Å². The highest BCUT2D eigenvalue weighted by atomic mass is 16.6. The number of hydrogen-bond donors (Lipinski definition) is 2. The topological polar surface area (TPSA) is 77.4 Å². The zero-order valence-electron chi connectivity index (χ0n) is 18.9. The van der Waals surface area contributed by atoms with Crippen LogP contribution in [0.1, 0.15) is 49.5 Å². The van der Waals surface area contributed by atoms with Gasteiger partial charge < -0.3 is 29.2 Å². The predicted molar refractivity (Wildman–Crippen MR) is 121 cm³/mol. The molecule has 1 fully saturated rings. The lowest BCUT2D eigenvalue weighted by atomic mass is 9.91. The summed E-state index contributed by atoms with van der Waals surface area (Å²) in [5.74, 6) is 2.00. The average Bonchev–Trinajstić information content (AvgIpc) is 2.79. The molecule has 0 spiro atoms. The maximum absolute atomic E-state index is 10.5. The second-order valence-corrected chi connectivity index (χ2v) is 8.86. The van der Waals surface area contributed by atoms with Gasteiger partial charge in [0.05, 0.1) is 32.0 Å². The third-order valence-corrected chi connectivity index (χ3v) is 6.19. The average molecular weight is 443 g/mol. The Balaban J connectivity index is 1.60. The normalized spacial score (nSPS) is 28.6. The first-order valence-corrected chi connectivity index (χ1v) is 11.6. The van der Waals surface area contributed by atoms with Crippen LogP contribution in [-0.4, -0.2) is 55.0 Å². The second-order valence-electron chi connectivity index (χ2n) is 8.86. The Hall–Kier alpha value is -2.12. The van der Waals surface area contributed by atoms with Gasteiger partial charge >= 0.3 is 0 Å². The van der Waals surface area contributed by atoms with E-state index >= 15 is 0 Å². The van der Waals surface area contributed by atoms with E-state index in [0.717, 1.165) is 35.5 Å². The summed E-state index contributed by atoms with van der Waals surface area (Å²) in [6.45, 7) is 6.20. The summed E-state index contributed by atoms with van der Waals surface area (Å²) < 4.78 is 23.7. The second kappa shape index (κ2) is 10.7. The maximum atomic E-state index is 10.5. The van der Waals surface area contributed by atoms with Gasteiger partial charge in [0.2, 0.25) is 0 Å². The number of benzene rings is 2. The van der Waals surface area contributed by atoms with Gasteiger partial charge in [-0.2, -0.15) is 0 Å². The molecule has 0 aliphatic carbocycles. The lowest BCUT2D eigenvalue weighted by molar-refractivity contribution is -0.188. The fraction of sp³-hybridized carbons (Fsp3) is 0.538. The number of ether oxygens (including phenoxy) is 4. The molecular weight excluding hydrogens is 408 g/mol. The Bertz CT molecular complexity index is 867. The number of rotatable bonds is 4. The molecule has 0 saturated carbocycles. The summed E-state index contributed by atoms with van der Waals surface area (Å²) in [6, 6.07) is 14.3. The molecule has 2 N–H and O–H groups in total. The van der Waals surface area contributed by atoms with Gasteiger partial charge in [0, 0.05) is 18.6 Å². The lowest BCUT2D eigenvalue weighted by Gasteiger charge is -2.38. The Morgan fingerprint density at radius 1 is 1.03 bits per heavy atom. The van der Waals surface area contributed by atoms with Gasteiger partial charge in [-0.05, 0) is 61.1 Å². The SMILES string of the molecule is CCOc1ccc(Cc2ccc3c(c2)C2CC(O)[C@H](O)C(COCC[C@H](C)CO3)O2)cc1. The van der Waals surface area contributed by atoms with Crippen LogP contribution in [-0.2, 0) is 15.9 Å². The van der Waals surface area contributed by atoms with Crippen LogP contribution in [0.5, 0.6) is 11.5 Å². The number of aliphatic hydroxyl groups excluding tert-OH is 2. The van der Waals surface area contributed by atoms with Crippen LogP contribution in [0.2, 0.25) is 0 Å². The van der Waals surface area contributed by atoms with Crippen molar-refractivity contribution in [1.82, 2.24) is 0 Å². The summed E-state index contributed by atoms with van der Waals surface area (Å²) in [4.78, 5) is 0. The Morgan fingerprint density at radius 3 is 2.59 bits per heavy atom. The van der Waals surface area contributed by atoms with Crippen LogP contribution < -0.4 is 9.47 Å². The highest BCUT2D eigenvalue weighted by molar-refractivity contribution is 5.41. The van der Waals surface area contributed by atoms with Gasteiger partial charge in [-0.25, -0.2) is 0 Å². The molecule has 2 aromatic carbocycles. The number of aliphatic hydroxyl groups is 2. The van der Waals surface area contributed by atoms with Crippen molar-refractivity contribution in [1.29, 1.82) is 0 Å². The molecule has 174 valence electrons. The van der Waals surface area contributed by atoms with Crippen LogP contribution in [0.15, 0.2) is 42.5 Å². The van der Waals surface area contributed by atoms with Crippen molar-refractivity contribution in [3.8, 4) is 11.5 Å². The summed E-state index contributed by atoms with van der Waals surface area (Å²) in [6.07, 6.45) is -0.820. The zero-order chi connectivity index (χ0) is 22.5. The molecule has 2 aliphatic heterocycles. The minimum atomic E-state index is -0.956. The smallest absolute Gasteiger partial charge is 0.125 e. The first-order chi connectivity index (χ1) is 15.5. The van der Waals surface area contributed by atoms with Crippen molar-refractivity contribution >= 4 is 0 Å². The largest absolute Gasteiger partial charge is 0.494 e. The van der Waals surface area contributed by atoms with E-state index in [-0.39, 0.29) is 12.7 Å². The van der Waals surface area contributed by atoms with Crippen LogP contribution >= 0.6 is 0 Å². The fourth-order valence-corrected chi connectivity index (χ4v) is 4.29. The van der Waals surface area contributed by atoms with E-state index < -0.39 is 18.3 Å². The van der Waals surface area contributed by atoms with Gasteiger partial charge in [0.1, 0.15) is 23.7 Å². The number of fused-ring (bicyclic) bond motifs is 4. The lowest BCUT2D eigenvalue weighted by Crippen LogP contribution is -2.48. The molecule has 6 heteroatoms. The molecule has 2 bridgehead atoms. The summed E-state index contributed by atoms with van der Waals surface area (Å²) in [5, 5.41) is 20.9. The van der Waals surface area contributed by atoms with E-state index in [0.29, 0.717) is 32.2 Å². The third kappa shape index (κ3) is 5.62. The van der Waals surface area contributed by atoms with E-state index in [1.54, 1.807) is 0 Å². The minimum Gasteiger partial charge on any atom is -0.494 e. The van der Waals surface area contributed by atoms with Crippen LogP contribution in [0.25, 0.3) is 0 Å². The van der Waals surface area contributed by atoms with Gasteiger partial charge in [-0.15, -0.1) is 0 Å². The van der Waals surface area contributed by atoms with Crippen molar-refractivity contribution in [3.05, 3.63) is 59.2 Å². The Kier molecular flexibility index (Phi) is 7.68. The van der Waals surface area contributed by atoms with E-state index in [4.69, 9.17) is 18.9 Å². The summed E-state index contributed by atoms with van der Waals surface area (Å²) in [5.41, 5.74) is 3.23. The molecule has 2 aliphatic rings. The van der Waals surface area contributed by atoms with E-state index in [1.165, 1.54) is 5.56 Å². The Labute approximate surface area is 190 Å².